The van der Waals surface area contributed by atoms with Crippen molar-refractivity contribution in [2.75, 3.05) is 13.7 Å². The second kappa shape index (κ2) is 9.60. The summed E-state index contributed by atoms with van der Waals surface area (Å²) in [5, 5.41) is 11.0. The zero-order valence-corrected chi connectivity index (χ0v) is 18.1. The van der Waals surface area contributed by atoms with Crippen molar-refractivity contribution in [1.82, 2.24) is 20.5 Å². The first-order valence-corrected chi connectivity index (χ1v) is 10.7. The standard InChI is InChI=1S/C25H25FN4O2/c1-3-4-5-14-27-25(31)20-15-21(16-8-12-19(32-2)13-9-16)28-24-22(20)23(29-30-24)17-6-10-18(26)11-7-17/h6-13,15H,3-5,14H2,1-2H3,(H,27,31)(H,28,29,30). The number of carbonyl (C=O) groups excluding carboxylic acids is 1. The molecule has 0 fully saturated rings. The Balaban J connectivity index is 1.80. The van der Waals surface area contributed by atoms with Crippen molar-refractivity contribution in [2.45, 2.75) is 26.2 Å². The van der Waals surface area contributed by atoms with E-state index in [4.69, 9.17) is 4.74 Å². The number of H-pyrrole nitrogens is 1. The van der Waals surface area contributed by atoms with Crippen LogP contribution in [0.5, 0.6) is 5.75 Å². The third-order valence-corrected chi connectivity index (χ3v) is 5.35. The molecule has 0 saturated carbocycles. The number of pyridine rings is 1. The molecule has 4 rings (SSSR count). The minimum Gasteiger partial charge on any atom is -0.497 e. The first kappa shape index (κ1) is 21.5. The van der Waals surface area contributed by atoms with Gasteiger partial charge in [-0.25, -0.2) is 9.37 Å². The molecule has 0 aliphatic heterocycles. The molecule has 0 aliphatic carbocycles. The Morgan fingerprint density at radius 2 is 1.78 bits per heavy atom. The molecule has 7 heteroatoms. The molecule has 0 aliphatic rings. The van der Waals surface area contributed by atoms with Crippen LogP contribution in [0.15, 0.2) is 54.6 Å². The van der Waals surface area contributed by atoms with Crippen LogP contribution in [-0.2, 0) is 0 Å². The SMILES string of the molecule is CCCCCNC(=O)c1cc(-c2ccc(OC)cc2)nc2n[nH]c(-c3ccc(F)cc3)c12. The van der Waals surface area contributed by atoms with Gasteiger partial charge in [0.25, 0.3) is 5.91 Å². The molecule has 0 spiro atoms. The van der Waals surface area contributed by atoms with Gasteiger partial charge in [0.2, 0.25) is 0 Å². The van der Waals surface area contributed by atoms with Gasteiger partial charge in [0.1, 0.15) is 11.6 Å². The van der Waals surface area contributed by atoms with E-state index in [1.54, 1.807) is 25.3 Å². The minimum atomic E-state index is -0.327. The van der Waals surface area contributed by atoms with E-state index in [0.717, 1.165) is 36.1 Å². The second-order valence-corrected chi connectivity index (χ2v) is 7.55. The van der Waals surface area contributed by atoms with Crippen molar-refractivity contribution in [3.8, 4) is 28.3 Å². The van der Waals surface area contributed by atoms with Crippen LogP contribution >= 0.6 is 0 Å². The van der Waals surface area contributed by atoms with Gasteiger partial charge in [-0.15, -0.1) is 0 Å². The average Bonchev–Trinajstić information content (AvgIpc) is 3.26. The Bertz CT molecular complexity index is 1220. The highest BCUT2D eigenvalue weighted by Gasteiger charge is 2.20. The topological polar surface area (TPSA) is 79.9 Å². The monoisotopic (exact) mass is 432 g/mol. The summed E-state index contributed by atoms with van der Waals surface area (Å²) in [5.74, 6) is 0.224. The molecule has 2 N–H and O–H groups in total. The first-order chi connectivity index (χ1) is 15.6. The van der Waals surface area contributed by atoms with Crippen LogP contribution in [0.25, 0.3) is 33.5 Å². The summed E-state index contributed by atoms with van der Waals surface area (Å²) >= 11 is 0. The average molecular weight is 432 g/mol. The molecule has 2 aromatic heterocycles. The lowest BCUT2D eigenvalue weighted by atomic mass is 10.0. The Morgan fingerprint density at radius 1 is 1.06 bits per heavy atom. The molecule has 0 bridgehead atoms. The molecule has 32 heavy (non-hydrogen) atoms. The Morgan fingerprint density at radius 3 is 2.47 bits per heavy atom. The molecule has 0 saturated heterocycles. The smallest absolute Gasteiger partial charge is 0.252 e. The van der Waals surface area contributed by atoms with Gasteiger partial charge < -0.3 is 10.1 Å². The van der Waals surface area contributed by atoms with E-state index in [2.05, 4.69) is 27.4 Å². The molecular formula is C25H25FN4O2. The number of benzene rings is 2. The molecule has 4 aromatic rings. The zero-order valence-electron chi connectivity index (χ0n) is 18.1. The quantitative estimate of drug-likeness (QED) is 0.367. The molecule has 2 aromatic carbocycles. The third kappa shape index (κ3) is 4.46. The normalized spacial score (nSPS) is 11.0. The van der Waals surface area contributed by atoms with Gasteiger partial charge in [-0.3, -0.25) is 9.89 Å². The molecule has 0 unspecified atom stereocenters. The molecule has 0 atom stereocenters. The van der Waals surface area contributed by atoms with Crippen molar-refractivity contribution in [3.05, 3.63) is 66.0 Å². The zero-order chi connectivity index (χ0) is 22.5. The number of methoxy groups -OCH3 is 1. The number of hydrogen-bond acceptors (Lipinski definition) is 4. The van der Waals surface area contributed by atoms with Gasteiger partial charge in [-0.05, 0) is 61.0 Å². The fraction of sp³-hybridized carbons (Fsp3) is 0.240. The third-order valence-electron chi connectivity index (χ3n) is 5.35. The minimum absolute atomic E-state index is 0.187. The Labute approximate surface area is 185 Å². The van der Waals surface area contributed by atoms with Crippen LogP contribution in [0.2, 0.25) is 0 Å². The molecule has 2 heterocycles. The lowest BCUT2D eigenvalue weighted by Gasteiger charge is -2.10. The van der Waals surface area contributed by atoms with Gasteiger partial charge >= 0.3 is 0 Å². The van der Waals surface area contributed by atoms with Crippen molar-refractivity contribution < 1.29 is 13.9 Å². The number of halogens is 1. The first-order valence-electron chi connectivity index (χ1n) is 10.7. The predicted octanol–water partition coefficient (Wildman–Crippen LogP) is 5.36. The van der Waals surface area contributed by atoms with Gasteiger partial charge in [0.15, 0.2) is 5.65 Å². The number of rotatable bonds is 8. The summed E-state index contributed by atoms with van der Waals surface area (Å²) in [7, 11) is 1.61. The maximum absolute atomic E-state index is 13.4. The Kier molecular flexibility index (Phi) is 6.44. The lowest BCUT2D eigenvalue weighted by molar-refractivity contribution is 0.0954. The van der Waals surface area contributed by atoms with E-state index < -0.39 is 0 Å². The van der Waals surface area contributed by atoms with Crippen molar-refractivity contribution in [1.29, 1.82) is 0 Å². The highest BCUT2D eigenvalue weighted by Crippen LogP contribution is 2.32. The highest BCUT2D eigenvalue weighted by atomic mass is 19.1. The maximum Gasteiger partial charge on any atom is 0.252 e. The van der Waals surface area contributed by atoms with E-state index in [0.29, 0.717) is 34.5 Å². The van der Waals surface area contributed by atoms with E-state index in [1.807, 2.05) is 24.3 Å². The number of hydrogen-bond donors (Lipinski definition) is 2. The van der Waals surface area contributed by atoms with E-state index >= 15 is 0 Å². The number of ether oxygens (including phenoxy) is 1. The van der Waals surface area contributed by atoms with Crippen LogP contribution < -0.4 is 10.1 Å². The predicted molar refractivity (Wildman–Crippen MR) is 123 cm³/mol. The number of nitrogens with one attached hydrogen (secondary N) is 2. The van der Waals surface area contributed by atoms with E-state index in [9.17, 15) is 9.18 Å². The maximum atomic E-state index is 13.4. The van der Waals surface area contributed by atoms with Crippen LogP contribution in [-0.4, -0.2) is 34.7 Å². The van der Waals surface area contributed by atoms with Crippen LogP contribution in [0.4, 0.5) is 4.39 Å². The lowest BCUT2D eigenvalue weighted by Crippen LogP contribution is -2.24. The van der Waals surface area contributed by atoms with Crippen molar-refractivity contribution in [3.63, 3.8) is 0 Å². The van der Waals surface area contributed by atoms with Crippen molar-refractivity contribution >= 4 is 16.9 Å². The van der Waals surface area contributed by atoms with Crippen LogP contribution in [0.1, 0.15) is 36.5 Å². The summed E-state index contributed by atoms with van der Waals surface area (Å²) in [4.78, 5) is 17.9. The van der Waals surface area contributed by atoms with E-state index in [-0.39, 0.29) is 11.7 Å². The highest BCUT2D eigenvalue weighted by molar-refractivity contribution is 6.10. The fourth-order valence-electron chi connectivity index (χ4n) is 3.61. The second-order valence-electron chi connectivity index (χ2n) is 7.55. The molecule has 164 valence electrons. The van der Waals surface area contributed by atoms with Crippen LogP contribution in [0, 0.1) is 5.82 Å². The molecule has 1 amide bonds. The summed E-state index contributed by atoms with van der Waals surface area (Å²) in [6, 6.07) is 15.3. The summed E-state index contributed by atoms with van der Waals surface area (Å²) in [6.07, 6.45) is 3.04. The molecule has 0 radical (unpaired) electrons. The largest absolute Gasteiger partial charge is 0.497 e. The van der Waals surface area contributed by atoms with Crippen LogP contribution in [0.3, 0.4) is 0 Å². The summed E-state index contributed by atoms with van der Waals surface area (Å²) in [5.41, 5.74) is 3.75. The number of aromatic amines is 1. The van der Waals surface area contributed by atoms with Crippen molar-refractivity contribution in [2.24, 2.45) is 0 Å². The molecular weight excluding hydrogens is 407 g/mol. The number of aromatic nitrogens is 3. The number of carbonyl (C=O) groups is 1. The summed E-state index contributed by atoms with van der Waals surface area (Å²) in [6.45, 7) is 2.72. The Hall–Kier alpha value is -3.74. The summed E-state index contributed by atoms with van der Waals surface area (Å²) < 4.78 is 18.7. The fourth-order valence-corrected chi connectivity index (χ4v) is 3.61. The number of nitrogens with zero attached hydrogens (tertiary/aromatic N) is 2. The molecule has 6 nitrogen and oxygen atoms in total. The number of amides is 1. The van der Waals surface area contributed by atoms with Gasteiger partial charge in [-0.2, -0.15) is 5.10 Å². The van der Waals surface area contributed by atoms with E-state index in [1.165, 1.54) is 12.1 Å². The van der Waals surface area contributed by atoms with Gasteiger partial charge in [-0.1, -0.05) is 19.8 Å². The van der Waals surface area contributed by atoms with Gasteiger partial charge in [0, 0.05) is 17.7 Å². The number of unbranched alkanes of at least 4 members (excludes halogenated alkanes) is 2. The van der Waals surface area contributed by atoms with Gasteiger partial charge in [0.05, 0.1) is 29.4 Å². The number of fused-ring (bicyclic) bond motifs is 1.